The van der Waals surface area contributed by atoms with Crippen LogP contribution in [0.4, 0.5) is 4.39 Å². The number of rotatable bonds is 4. The number of aliphatic hydroxyl groups is 1. The quantitative estimate of drug-likeness (QED) is 0.597. The van der Waals surface area contributed by atoms with Crippen molar-refractivity contribution in [3.63, 3.8) is 0 Å². The molecule has 4 heteroatoms. The van der Waals surface area contributed by atoms with Crippen molar-refractivity contribution in [2.45, 2.75) is 18.6 Å². The van der Waals surface area contributed by atoms with Gasteiger partial charge in [0.1, 0.15) is 6.67 Å². The Morgan fingerprint density at radius 1 is 1.73 bits per heavy atom. The van der Waals surface area contributed by atoms with Crippen molar-refractivity contribution in [1.29, 1.82) is 0 Å². The smallest absolute Gasteiger partial charge is 0.117 e. The minimum Gasteiger partial charge on any atom is -0.389 e. The lowest BCUT2D eigenvalue weighted by Gasteiger charge is -2.12. The van der Waals surface area contributed by atoms with Crippen molar-refractivity contribution in [3.8, 4) is 0 Å². The molecule has 0 saturated carbocycles. The maximum Gasteiger partial charge on any atom is 0.117 e. The van der Waals surface area contributed by atoms with Crippen LogP contribution >= 0.6 is 0 Å². The number of nitrogens with one attached hydrogen (secondary N) is 1. The van der Waals surface area contributed by atoms with E-state index in [-0.39, 0.29) is 0 Å². The molecular formula is C7H14FNO2. The summed E-state index contributed by atoms with van der Waals surface area (Å²) in [7, 11) is 0. The Hall–Kier alpha value is -0.190. The van der Waals surface area contributed by atoms with Crippen molar-refractivity contribution in [2.24, 2.45) is 0 Å². The van der Waals surface area contributed by atoms with E-state index in [1.807, 2.05) is 0 Å². The molecule has 0 radical (unpaired) electrons. The van der Waals surface area contributed by atoms with E-state index in [0.29, 0.717) is 19.2 Å². The molecule has 0 bridgehead atoms. The van der Waals surface area contributed by atoms with Crippen LogP contribution in [-0.2, 0) is 4.74 Å². The van der Waals surface area contributed by atoms with E-state index in [9.17, 15) is 4.39 Å². The van der Waals surface area contributed by atoms with Crippen LogP contribution in [0.15, 0.2) is 0 Å². The molecule has 0 aromatic carbocycles. The van der Waals surface area contributed by atoms with E-state index in [0.717, 1.165) is 13.0 Å². The lowest BCUT2D eigenvalue weighted by molar-refractivity contribution is 0.131. The monoisotopic (exact) mass is 163 g/mol. The molecule has 0 spiro atoms. The lowest BCUT2D eigenvalue weighted by atomic mass is 10.2. The first-order valence-electron chi connectivity index (χ1n) is 3.88. The minimum atomic E-state index is -0.865. The van der Waals surface area contributed by atoms with Crippen molar-refractivity contribution in [3.05, 3.63) is 0 Å². The molecule has 1 fully saturated rings. The Morgan fingerprint density at radius 2 is 2.55 bits per heavy atom. The lowest BCUT2D eigenvalue weighted by Crippen LogP contribution is -2.36. The van der Waals surface area contributed by atoms with Crippen molar-refractivity contribution in [2.75, 3.05) is 26.4 Å². The van der Waals surface area contributed by atoms with E-state index in [1.165, 1.54) is 0 Å². The third-order valence-corrected chi connectivity index (χ3v) is 1.75. The molecule has 3 nitrogen and oxygen atoms in total. The first kappa shape index (κ1) is 8.90. The van der Waals surface area contributed by atoms with Crippen molar-refractivity contribution >= 4 is 0 Å². The van der Waals surface area contributed by atoms with Gasteiger partial charge in [-0.05, 0) is 6.42 Å². The highest BCUT2D eigenvalue weighted by atomic mass is 19.1. The normalized spacial score (nSPS) is 27.3. The maximum absolute atomic E-state index is 11.7. The first-order valence-corrected chi connectivity index (χ1v) is 3.88. The molecule has 1 saturated heterocycles. The second-order valence-electron chi connectivity index (χ2n) is 2.78. The molecule has 0 aromatic heterocycles. The highest BCUT2D eigenvalue weighted by Gasteiger charge is 2.15. The van der Waals surface area contributed by atoms with Crippen LogP contribution in [0.5, 0.6) is 0 Å². The van der Waals surface area contributed by atoms with Crippen molar-refractivity contribution in [1.82, 2.24) is 5.32 Å². The van der Waals surface area contributed by atoms with Gasteiger partial charge in [-0.15, -0.1) is 0 Å². The fourth-order valence-corrected chi connectivity index (χ4v) is 1.05. The van der Waals surface area contributed by atoms with Crippen LogP contribution in [-0.4, -0.2) is 43.7 Å². The second kappa shape index (κ2) is 4.64. The van der Waals surface area contributed by atoms with Gasteiger partial charge in [-0.2, -0.15) is 0 Å². The zero-order valence-electron chi connectivity index (χ0n) is 6.42. The third-order valence-electron chi connectivity index (χ3n) is 1.75. The summed E-state index contributed by atoms with van der Waals surface area (Å²) >= 11 is 0. The number of hydrogen-bond acceptors (Lipinski definition) is 3. The number of ether oxygens (including phenoxy) is 1. The van der Waals surface area contributed by atoms with Crippen LogP contribution in [0.25, 0.3) is 0 Å². The highest BCUT2D eigenvalue weighted by molar-refractivity contribution is 4.72. The Labute approximate surface area is 65.5 Å². The molecule has 0 amide bonds. The fourth-order valence-electron chi connectivity index (χ4n) is 1.05. The van der Waals surface area contributed by atoms with E-state index in [2.05, 4.69) is 5.32 Å². The Kier molecular flexibility index (Phi) is 3.76. The van der Waals surface area contributed by atoms with Gasteiger partial charge in [0.05, 0.1) is 12.7 Å². The molecule has 1 aliphatic heterocycles. The average Bonchev–Trinajstić information content (AvgIpc) is 2.52. The topological polar surface area (TPSA) is 41.5 Å². The summed E-state index contributed by atoms with van der Waals surface area (Å²) < 4.78 is 16.8. The zero-order valence-corrected chi connectivity index (χ0v) is 6.42. The number of hydrogen-bond donors (Lipinski definition) is 2. The van der Waals surface area contributed by atoms with E-state index >= 15 is 0 Å². The molecule has 0 aromatic rings. The summed E-state index contributed by atoms with van der Waals surface area (Å²) in [5.41, 5.74) is 0. The van der Waals surface area contributed by atoms with Gasteiger partial charge in [0.2, 0.25) is 0 Å². The van der Waals surface area contributed by atoms with Gasteiger partial charge in [-0.25, -0.2) is 4.39 Å². The molecule has 2 unspecified atom stereocenters. The molecule has 66 valence electrons. The van der Waals surface area contributed by atoms with Crippen LogP contribution < -0.4 is 5.32 Å². The van der Waals surface area contributed by atoms with Gasteiger partial charge in [0.25, 0.3) is 0 Å². The Bertz CT molecular complexity index is 107. The summed E-state index contributed by atoms with van der Waals surface area (Å²) in [5.74, 6) is 0. The SMILES string of the molecule is OC(CF)CNC1CCOC1. The molecular weight excluding hydrogens is 149 g/mol. The average molecular weight is 163 g/mol. The molecule has 0 aliphatic carbocycles. The van der Waals surface area contributed by atoms with E-state index in [4.69, 9.17) is 9.84 Å². The second-order valence-corrected chi connectivity index (χ2v) is 2.78. The number of halogens is 1. The van der Waals surface area contributed by atoms with Gasteiger partial charge >= 0.3 is 0 Å². The maximum atomic E-state index is 11.7. The molecule has 1 heterocycles. The summed E-state index contributed by atoms with van der Waals surface area (Å²) in [5, 5.41) is 11.9. The molecule has 1 aliphatic rings. The molecule has 2 N–H and O–H groups in total. The largest absolute Gasteiger partial charge is 0.389 e. The van der Waals surface area contributed by atoms with Gasteiger partial charge < -0.3 is 15.2 Å². The standard InChI is InChI=1S/C7H14FNO2/c8-3-7(10)4-9-6-1-2-11-5-6/h6-7,9-10H,1-5H2. The fraction of sp³-hybridized carbons (Fsp3) is 1.00. The number of alkyl halides is 1. The predicted molar refractivity (Wildman–Crippen MR) is 39.2 cm³/mol. The van der Waals surface area contributed by atoms with Gasteiger partial charge in [-0.1, -0.05) is 0 Å². The van der Waals surface area contributed by atoms with Gasteiger partial charge in [0, 0.05) is 19.2 Å². The van der Waals surface area contributed by atoms with Gasteiger partial charge in [-0.3, -0.25) is 0 Å². The van der Waals surface area contributed by atoms with Crippen LogP contribution in [0.2, 0.25) is 0 Å². The first-order chi connectivity index (χ1) is 5.33. The van der Waals surface area contributed by atoms with E-state index < -0.39 is 12.8 Å². The van der Waals surface area contributed by atoms with Gasteiger partial charge in [0.15, 0.2) is 0 Å². The Morgan fingerprint density at radius 3 is 3.09 bits per heavy atom. The van der Waals surface area contributed by atoms with Crippen LogP contribution in [0.1, 0.15) is 6.42 Å². The van der Waals surface area contributed by atoms with Crippen LogP contribution in [0, 0.1) is 0 Å². The highest BCUT2D eigenvalue weighted by Crippen LogP contribution is 2.02. The molecule has 1 rings (SSSR count). The third kappa shape index (κ3) is 3.14. The zero-order chi connectivity index (χ0) is 8.10. The Balaban J connectivity index is 2.01. The predicted octanol–water partition coefficient (Wildman–Crippen LogP) is -0.305. The van der Waals surface area contributed by atoms with Crippen LogP contribution in [0.3, 0.4) is 0 Å². The minimum absolute atomic E-state index is 0.302. The molecule has 2 atom stereocenters. The molecule has 11 heavy (non-hydrogen) atoms. The summed E-state index contributed by atoms with van der Waals surface area (Å²) in [6.07, 6.45) is 0.0922. The summed E-state index contributed by atoms with van der Waals surface area (Å²) in [4.78, 5) is 0. The van der Waals surface area contributed by atoms with E-state index in [1.54, 1.807) is 0 Å². The summed E-state index contributed by atoms with van der Waals surface area (Å²) in [6, 6.07) is 0.302. The van der Waals surface area contributed by atoms with Crippen molar-refractivity contribution < 1.29 is 14.2 Å². The summed E-state index contributed by atoms with van der Waals surface area (Å²) in [6.45, 7) is 1.09. The number of aliphatic hydroxyl groups excluding tert-OH is 1.